The summed E-state index contributed by atoms with van der Waals surface area (Å²) in [7, 11) is 3.33. The predicted octanol–water partition coefficient (Wildman–Crippen LogP) is 3.99. The molecule has 0 N–H and O–H groups in total. The fourth-order valence-electron chi connectivity index (χ4n) is 3.78. The maximum atomic E-state index is 13.7. The van der Waals surface area contributed by atoms with E-state index in [2.05, 4.69) is 15.1 Å². The van der Waals surface area contributed by atoms with Gasteiger partial charge in [0.1, 0.15) is 0 Å². The van der Waals surface area contributed by atoms with Crippen LogP contribution < -0.4 is 15.0 Å². The van der Waals surface area contributed by atoms with E-state index in [0.29, 0.717) is 28.1 Å². The fourth-order valence-corrected chi connectivity index (χ4v) is 3.78. The summed E-state index contributed by atoms with van der Waals surface area (Å²) >= 11 is 0. The summed E-state index contributed by atoms with van der Waals surface area (Å²) in [6, 6.07) is 13.8. The molecule has 0 saturated carbocycles. The number of fused-ring (bicyclic) bond motifs is 2. The molecule has 5 aromatic rings. The van der Waals surface area contributed by atoms with Crippen LogP contribution in [0.1, 0.15) is 0 Å². The lowest BCUT2D eigenvalue weighted by atomic mass is 10.0. The van der Waals surface area contributed by atoms with Crippen molar-refractivity contribution in [3.8, 4) is 28.6 Å². The Morgan fingerprint density at radius 1 is 1.03 bits per heavy atom. The number of hydrogen-bond donors (Lipinski definition) is 0. The fraction of sp³-hybridized carbons (Fsp3) is 0.167. The standard InChI is InChI=1S/C24H19F2N5O3/c1-30-12-16-9-14(3-6-19(16)29-30)18-10-15-4-7-22(34-13-20(25)26)28-23(15)31(24(18)32)17-5-8-21(33-2)27-11-17/h3-12,20H,13H2,1-2H3. The first-order valence-corrected chi connectivity index (χ1v) is 10.3. The summed E-state index contributed by atoms with van der Waals surface area (Å²) in [4.78, 5) is 22.3. The Kier molecular flexibility index (Phi) is 5.40. The van der Waals surface area contributed by atoms with Crippen molar-refractivity contribution in [2.45, 2.75) is 6.43 Å². The van der Waals surface area contributed by atoms with Gasteiger partial charge >= 0.3 is 0 Å². The first-order chi connectivity index (χ1) is 16.4. The van der Waals surface area contributed by atoms with Gasteiger partial charge < -0.3 is 9.47 Å². The highest BCUT2D eigenvalue weighted by atomic mass is 19.3. The van der Waals surface area contributed by atoms with E-state index in [9.17, 15) is 13.6 Å². The van der Waals surface area contributed by atoms with Crippen molar-refractivity contribution in [1.29, 1.82) is 0 Å². The van der Waals surface area contributed by atoms with Crippen molar-refractivity contribution in [3.05, 3.63) is 71.3 Å². The SMILES string of the molecule is COc1ccc(-n2c(=O)c(-c3ccc4nn(C)cc4c3)cc3ccc(OCC(F)F)nc32)cn1. The third-order valence-electron chi connectivity index (χ3n) is 5.30. The number of benzene rings is 1. The molecule has 0 saturated heterocycles. The number of pyridine rings is 3. The van der Waals surface area contributed by atoms with Gasteiger partial charge in [0.25, 0.3) is 12.0 Å². The van der Waals surface area contributed by atoms with E-state index in [4.69, 9.17) is 9.47 Å². The molecule has 8 nitrogen and oxygen atoms in total. The highest BCUT2D eigenvalue weighted by Gasteiger charge is 2.16. The summed E-state index contributed by atoms with van der Waals surface area (Å²) < 4.78 is 38.6. The summed E-state index contributed by atoms with van der Waals surface area (Å²) in [5.74, 6) is 0.375. The molecule has 34 heavy (non-hydrogen) atoms. The van der Waals surface area contributed by atoms with Crippen LogP contribution in [0.2, 0.25) is 0 Å². The lowest BCUT2D eigenvalue weighted by Gasteiger charge is -2.14. The zero-order valence-corrected chi connectivity index (χ0v) is 18.3. The summed E-state index contributed by atoms with van der Waals surface area (Å²) in [6.07, 6.45) is 0.720. The molecule has 4 heterocycles. The molecule has 0 unspecified atom stereocenters. The molecule has 0 bridgehead atoms. The van der Waals surface area contributed by atoms with E-state index in [1.807, 2.05) is 31.4 Å². The van der Waals surface area contributed by atoms with Gasteiger partial charge in [-0.15, -0.1) is 0 Å². The molecule has 0 aliphatic heterocycles. The largest absolute Gasteiger partial charge is 0.481 e. The molecule has 0 aliphatic carbocycles. The summed E-state index contributed by atoms with van der Waals surface area (Å²) in [5.41, 5.74) is 2.32. The highest BCUT2D eigenvalue weighted by molar-refractivity contribution is 5.88. The number of halogens is 2. The number of aryl methyl sites for hydroxylation is 1. The number of aromatic nitrogens is 5. The van der Waals surface area contributed by atoms with Gasteiger partial charge in [-0.2, -0.15) is 10.1 Å². The van der Waals surface area contributed by atoms with Crippen LogP contribution in [0.15, 0.2) is 65.7 Å². The van der Waals surface area contributed by atoms with Gasteiger partial charge in [-0.3, -0.25) is 14.0 Å². The van der Waals surface area contributed by atoms with E-state index in [-0.39, 0.29) is 17.1 Å². The lowest BCUT2D eigenvalue weighted by molar-refractivity contribution is 0.0797. The summed E-state index contributed by atoms with van der Waals surface area (Å²) in [6.45, 7) is -0.796. The third kappa shape index (κ3) is 3.94. The highest BCUT2D eigenvalue weighted by Crippen LogP contribution is 2.27. The lowest BCUT2D eigenvalue weighted by Crippen LogP contribution is -2.22. The Bertz CT molecular complexity index is 1560. The smallest absolute Gasteiger partial charge is 0.272 e. The van der Waals surface area contributed by atoms with Crippen LogP contribution in [0.3, 0.4) is 0 Å². The van der Waals surface area contributed by atoms with E-state index in [0.717, 1.165) is 10.9 Å². The first-order valence-electron chi connectivity index (χ1n) is 10.3. The Morgan fingerprint density at radius 2 is 1.85 bits per heavy atom. The van der Waals surface area contributed by atoms with E-state index < -0.39 is 13.0 Å². The number of hydrogen-bond acceptors (Lipinski definition) is 6. The second kappa shape index (κ2) is 8.54. The van der Waals surface area contributed by atoms with Crippen molar-refractivity contribution in [2.24, 2.45) is 7.05 Å². The van der Waals surface area contributed by atoms with Crippen molar-refractivity contribution in [1.82, 2.24) is 24.3 Å². The molecule has 0 spiro atoms. The van der Waals surface area contributed by atoms with Crippen molar-refractivity contribution in [3.63, 3.8) is 0 Å². The van der Waals surface area contributed by atoms with Gasteiger partial charge in [-0.25, -0.2) is 13.8 Å². The number of alkyl halides is 2. The maximum absolute atomic E-state index is 13.7. The molecule has 10 heteroatoms. The van der Waals surface area contributed by atoms with Gasteiger partial charge in [-0.05, 0) is 35.9 Å². The van der Waals surface area contributed by atoms with Gasteiger partial charge in [0.05, 0.1) is 24.5 Å². The topological polar surface area (TPSA) is 84.1 Å². The van der Waals surface area contributed by atoms with Crippen LogP contribution in [-0.2, 0) is 7.05 Å². The second-order valence-corrected chi connectivity index (χ2v) is 7.60. The summed E-state index contributed by atoms with van der Waals surface area (Å²) in [5, 5.41) is 5.90. The van der Waals surface area contributed by atoms with Crippen LogP contribution in [0.5, 0.6) is 11.8 Å². The average Bonchev–Trinajstić information content (AvgIpc) is 3.21. The van der Waals surface area contributed by atoms with Crippen molar-refractivity contribution >= 4 is 21.9 Å². The Hall–Kier alpha value is -4.34. The number of rotatable bonds is 6. The monoisotopic (exact) mass is 463 g/mol. The average molecular weight is 463 g/mol. The van der Waals surface area contributed by atoms with Gasteiger partial charge in [0.2, 0.25) is 11.8 Å². The maximum Gasteiger partial charge on any atom is 0.272 e. The number of nitrogens with zero attached hydrogens (tertiary/aromatic N) is 5. The van der Waals surface area contributed by atoms with E-state index in [1.54, 1.807) is 28.9 Å². The zero-order valence-electron chi connectivity index (χ0n) is 18.3. The first kappa shape index (κ1) is 21.5. The molecule has 0 aliphatic rings. The van der Waals surface area contributed by atoms with Crippen LogP contribution in [0, 0.1) is 0 Å². The van der Waals surface area contributed by atoms with Crippen LogP contribution in [0.4, 0.5) is 8.78 Å². The van der Waals surface area contributed by atoms with Crippen molar-refractivity contribution in [2.75, 3.05) is 13.7 Å². The van der Waals surface area contributed by atoms with Crippen molar-refractivity contribution < 1.29 is 18.3 Å². The van der Waals surface area contributed by atoms with Gasteiger partial charge in [0.15, 0.2) is 12.3 Å². The minimum atomic E-state index is -2.64. The Morgan fingerprint density at radius 3 is 2.59 bits per heavy atom. The third-order valence-corrected chi connectivity index (χ3v) is 5.30. The normalized spacial score (nSPS) is 11.4. The quantitative estimate of drug-likeness (QED) is 0.379. The van der Waals surface area contributed by atoms with Crippen LogP contribution in [-0.4, -0.2) is 44.5 Å². The molecule has 172 valence electrons. The molecule has 0 fully saturated rings. The van der Waals surface area contributed by atoms with Gasteiger partial charge in [0, 0.05) is 41.7 Å². The minimum Gasteiger partial charge on any atom is -0.481 e. The van der Waals surface area contributed by atoms with E-state index >= 15 is 0 Å². The van der Waals surface area contributed by atoms with Crippen LogP contribution >= 0.6 is 0 Å². The molecule has 5 rings (SSSR count). The molecule has 0 radical (unpaired) electrons. The number of methoxy groups -OCH3 is 1. The molecule has 0 atom stereocenters. The van der Waals surface area contributed by atoms with Crippen LogP contribution in [0.25, 0.3) is 38.8 Å². The molecular weight excluding hydrogens is 444 g/mol. The molecular formula is C24H19F2N5O3. The zero-order chi connectivity index (χ0) is 23.8. The molecule has 0 amide bonds. The molecule has 4 aromatic heterocycles. The number of ether oxygens (including phenoxy) is 2. The van der Waals surface area contributed by atoms with Gasteiger partial charge in [-0.1, -0.05) is 6.07 Å². The Balaban J connectivity index is 1.74. The second-order valence-electron chi connectivity index (χ2n) is 7.60. The molecule has 1 aromatic carbocycles. The predicted molar refractivity (Wildman–Crippen MR) is 123 cm³/mol. The Labute approximate surface area is 192 Å². The van der Waals surface area contributed by atoms with E-state index in [1.165, 1.54) is 23.9 Å². The minimum absolute atomic E-state index is 0.00745.